The molecule has 1 saturated heterocycles. The van der Waals surface area contributed by atoms with Gasteiger partial charge in [0.2, 0.25) is 5.95 Å². The minimum Gasteiger partial charge on any atom is -0.492 e. The lowest BCUT2D eigenvalue weighted by Crippen LogP contribution is -2.35. The number of amides is 1. The van der Waals surface area contributed by atoms with E-state index in [0.717, 1.165) is 18.4 Å². The van der Waals surface area contributed by atoms with E-state index in [1.807, 2.05) is 20.8 Å². The summed E-state index contributed by atoms with van der Waals surface area (Å²) in [4.78, 5) is 17.3. The van der Waals surface area contributed by atoms with Gasteiger partial charge in [-0.25, -0.2) is 9.78 Å². The van der Waals surface area contributed by atoms with Crippen molar-refractivity contribution in [3.8, 4) is 5.75 Å². The summed E-state index contributed by atoms with van der Waals surface area (Å²) in [6, 6.07) is 0.502. The molecule has 2 aliphatic rings. The number of nitrogens with one attached hydrogen (secondary N) is 1. The molecular weight excluding hydrogens is 337 g/mol. The van der Waals surface area contributed by atoms with Crippen molar-refractivity contribution in [3.05, 3.63) is 23.3 Å². The van der Waals surface area contributed by atoms with E-state index in [1.165, 1.54) is 11.1 Å². The van der Waals surface area contributed by atoms with Crippen molar-refractivity contribution in [2.75, 3.05) is 20.2 Å². The molecule has 0 radical (unpaired) electrons. The number of carbonyl (C=O) groups is 1. The fraction of sp³-hybridized carbons (Fsp3) is 0.684. The fourth-order valence-electron chi connectivity index (χ4n) is 3.58. The summed E-state index contributed by atoms with van der Waals surface area (Å²) in [5.74, 6) is 0.273. The highest BCUT2D eigenvalue weighted by Gasteiger charge is 2.36. The molecule has 3 rings (SSSR count). The lowest BCUT2D eigenvalue weighted by Gasteiger charge is -2.27. The largest absolute Gasteiger partial charge is 0.492 e. The number of ether oxygens (including phenoxy) is 2. The first-order valence-corrected chi connectivity index (χ1v) is 9.25. The van der Waals surface area contributed by atoms with Gasteiger partial charge in [0.05, 0.1) is 12.8 Å². The molecule has 26 heavy (non-hydrogen) atoms. The topological polar surface area (TPSA) is 63.7 Å². The number of hydrogen-bond donors (Lipinski definition) is 1. The molecule has 0 saturated carbocycles. The van der Waals surface area contributed by atoms with Crippen LogP contribution >= 0.6 is 0 Å². The monoisotopic (exact) mass is 365 g/mol. The third-order valence-electron chi connectivity index (χ3n) is 4.78. The number of rotatable bonds is 5. The number of pyridine rings is 1. The molecule has 1 aromatic rings. The quantitative estimate of drug-likeness (QED) is 0.641. The van der Waals surface area contributed by atoms with Crippen LogP contribution in [0.25, 0.3) is 0 Å². The lowest BCUT2D eigenvalue weighted by atomic mass is 9.96. The van der Waals surface area contributed by atoms with Crippen LogP contribution in [0.15, 0.2) is 6.20 Å². The van der Waals surface area contributed by atoms with E-state index in [1.54, 1.807) is 7.05 Å². The fourth-order valence-corrected chi connectivity index (χ4v) is 3.58. The van der Waals surface area contributed by atoms with Crippen molar-refractivity contribution in [3.63, 3.8) is 0 Å². The zero-order chi connectivity index (χ0) is 18.9. The minimum absolute atomic E-state index is 0.153. The Labute approximate surface area is 154 Å². The number of aromatic nitrogens is 1. The predicted molar refractivity (Wildman–Crippen MR) is 95.8 cm³/mol. The Morgan fingerprint density at radius 1 is 1.42 bits per heavy atom. The van der Waals surface area contributed by atoms with Crippen LogP contribution in [0.4, 0.5) is 9.18 Å². The van der Waals surface area contributed by atoms with Crippen molar-refractivity contribution < 1.29 is 18.7 Å². The molecule has 1 amide bonds. The van der Waals surface area contributed by atoms with E-state index in [2.05, 4.69) is 10.3 Å². The van der Waals surface area contributed by atoms with Gasteiger partial charge < -0.3 is 19.7 Å². The number of fused-ring (bicyclic) bond motifs is 4. The Bertz CT molecular complexity index is 675. The molecule has 7 heteroatoms. The summed E-state index contributed by atoms with van der Waals surface area (Å²) in [6.45, 7) is 6.48. The second-order valence-electron chi connectivity index (χ2n) is 8.11. The van der Waals surface area contributed by atoms with Crippen molar-refractivity contribution in [1.29, 1.82) is 0 Å². The summed E-state index contributed by atoms with van der Waals surface area (Å²) in [5, 5.41) is 3.52. The maximum Gasteiger partial charge on any atom is 0.410 e. The molecule has 2 bridgehead atoms. The van der Waals surface area contributed by atoms with Gasteiger partial charge in [-0.05, 0) is 46.5 Å². The maximum absolute atomic E-state index is 14.1. The molecular formula is C19H28FN3O3. The Morgan fingerprint density at radius 3 is 2.92 bits per heavy atom. The van der Waals surface area contributed by atoms with Crippen LogP contribution in [0.1, 0.15) is 57.2 Å². The molecule has 0 unspecified atom stereocenters. The SMILES string of the molecule is CN(CCCOc1cnc(F)c2c1[C@H]1CC[C@@H](C2)N1)C(=O)OC(C)(C)C. The Morgan fingerprint density at radius 2 is 2.19 bits per heavy atom. The van der Waals surface area contributed by atoms with Crippen LogP contribution in [-0.2, 0) is 11.2 Å². The van der Waals surface area contributed by atoms with Gasteiger partial charge in [0.15, 0.2) is 0 Å². The van der Waals surface area contributed by atoms with Crippen molar-refractivity contribution in [2.45, 2.75) is 64.1 Å². The molecule has 3 heterocycles. The summed E-state index contributed by atoms with van der Waals surface area (Å²) < 4.78 is 25.3. The third kappa shape index (κ3) is 4.26. The molecule has 0 aliphatic carbocycles. The van der Waals surface area contributed by atoms with Crippen LogP contribution in [0.5, 0.6) is 5.75 Å². The number of nitrogens with zero attached hydrogens (tertiary/aromatic N) is 2. The average molecular weight is 365 g/mol. The first-order valence-electron chi connectivity index (χ1n) is 9.25. The molecule has 0 aromatic carbocycles. The van der Waals surface area contributed by atoms with Gasteiger partial charge in [-0.3, -0.25) is 0 Å². The zero-order valence-electron chi connectivity index (χ0n) is 16.0. The van der Waals surface area contributed by atoms with E-state index in [4.69, 9.17) is 9.47 Å². The van der Waals surface area contributed by atoms with Gasteiger partial charge in [0.25, 0.3) is 0 Å². The average Bonchev–Trinajstić information content (AvgIpc) is 2.93. The van der Waals surface area contributed by atoms with Crippen LogP contribution in [0.2, 0.25) is 0 Å². The van der Waals surface area contributed by atoms with Crippen molar-refractivity contribution in [2.24, 2.45) is 0 Å². The number of carbonyl (C=O) groups excluding carboxylic acids is 1. The van der Waals surface area contributed by atoms with Crippen LogP contribution in [0.3, 0.4) is 0 Å². The zero-order valence-corrected chi connectivity index (χ0v) is 16.0. The number of halogens is 1. The summed E-state index contributed by atoms with van der Waals surface area (Å²) in [6.07, 6.45) is 4.51. The first-order chi connectivity index (χ1) is 12.2. The molecule has 1 fully saturated rings. The highest BCUT2D eigenvalue weighted by atomic mass is 19.1. The smallest absolute Gasteiger partial charge is 0.410 e. The third-order valence-corrected chi connectivity index (χ3v) is 4.78. The van der Waals surface area contributed by atoms with E-state index in [-0.39, 0.29) is 18.1 Å². The molecule has 144 valence electrons. The second kappa shape index (κ2) is 7.39. The first kappa shape index (κ1) is 18.9. The highest BCUT2D eigenvalue weighted by Crippen LogP contribution is 2.41. The highest BCUT2D eigenvalue weighted by molar-refractivity contribution is 5.67. The molecule has 0 spiro atoms. The molecule has 1 N–H and O–H groups in total. The van der Waals surface area contributed by atoms with E-state index < -0.39 is 5.60 Å². The Kier molecular flexibility index (Phi) is 5.37. The van der Waals surface area contributed by atoms with Gasteiger partial charge in [-0.2, -0.15) is 4.39 Å². The van der Waals surface area contributed by atoms with Gasteiger partial charge in [-0.15, -0.1) is 0 Å². The number of hydrogen-bond acceptors (Lipinski definition) is 5. The van der Waals surface area contributed by atoms with Gasteiger partial charge in [0.1, 0.15) is 11.4 Å². The van der Waals surface area contributed by atoms with Crippen LogP contribution in [0, 0.1) is 5.95 Å². The molecule has 2 aliphatic heterocycles. The standard InChI is InChI=1S/C19H28FN3O3/c1-19(2,3)26-18(24)23(4)8-5-9-25-15-11-21-17(20)13-10-12-6-7-14(22-12)16(13)15/h11-12,14,22H,5-10H2,1-4H3/t12-,14+/m0/s1. The summed E-state index contributed by atoms with van der Waals surface area (Å²) in [7, 11) is 1.71. The Hall–Kier alpha value is -1.89. The molecule has 6 nitrogen and oxygen atoms in total. The van der Waals surface area contributed by atoms with Crippen LogP contribution < -0.4 is 10.1 Å². The predicted octanol–water partition coefficient (Wildman–Crippen LogP) is 3.21. The summed E-state index contributed by atoms with van der Waals surface area (Å²) in [5.41, 5.74) is 1.11. The van der Waals surface area contributed by atoms with E-state index >= 15 is 0 Å². The minimum atomic E-state index is -0.507. The van der Waals surface area contributed by atoms with Gasteiger partial charge in [0, 0.05) is 36.8 Å². The van der Waals surface area contributed by atoms with E-state index in [9.17, 15) is 9.18 Å². The lowest BCUT2D eigenvalue weighted by molar-refractivity contribution is 0.0292. The molecule has 1 aromatic heterocycles. The Balaban J connectivity index is 1.54. The second-order valence-corrected chi connectivity index (χ2v) is 8.11. The van der Waals surface area contributed by atoms with Crippen molar-refractivity contribution >= 4 is 6.09 Å². The molecule has 2 atom stereocenters. The maximum atomic E-state index is 14.1. The van der Waals surface area contributed by atoms with Gasteiger partial charge >= 0.3 is 6.09 Å². The normalized spacial score (nSPS) is 21.3. The van der Waals surface area contributed by atoms with Crippen molar-refractivity contribution in [1.82, 2.24) is 15.2 Å². The van der Waals surface area contributed by atoms with E-state index in [0.29, 0.717) is 43.3 Å². The van der Waals surface area contributed by atoms with Gasteiger partial charge in [-0.1, -0.05) is 0 Å². The summed E-state index contributed by atoms with van der Waals surface area (Å²) >= 11 is 0. The van der Waals surface area contributed by atoms with Crippen LogP contribution in [-0.4, -0.2) is 47.8 Å².